The molecule has 0 spiro atoms. The molecule has 0 saturated heterocycles. The highest BCUT2D eigenvalue weighted by Gasteiger charge is 2.21. The summed E-state index contributed by atoms with van der Waals surface area (Å²) in [5.41, 5.74) is 3.27. The lowest BCUT2D eigenvalue weighted by Gasteiger charge is -2.12. The second kappa shape index (κ2) is 5.64. The molecule has 5 nitrogen and oxygen atoms in total. The van der Waals surface area contributed by atoms with Gasteiger partial charge in [0, 0.05) is 29.2 Å². The van der Waals surface area contributed by atoms with Crippen molar-refractivity contribution in [2.24, 2.45) is 0 Å². The zero-order valence-corrected chi connectivity index (χ0v) is 11.5. The number of hydrogen-bond donors (Lipinski definition) is 2. The Kier molecular flexibility index (Phi) is 3.71. The second-order valence-corrected chi connectivity index (χ2v) is 5.08. The highest BCUT2D eigenvalue weighted by atomic mass is 35.5. The molecule has 1 aromatic carbocycles. The smallest absolute Gasteiger partial charge is 0.272 e. The summed E-state index contributed by atoms with van der Waals surface area (Å²) < 4.78 is 5.37. The largest absolute Gasteiger partial charge is 0.376 e. The SMILES string of the molecule is O=C(NCc1ccc(Cl)cc1)c1n[nH]c2c1COCC2. The van der Waals surface area contributed by atoms with Crippen molar-refractivity contribution in [3.63, 3.8) is 0 Å². The summed E-state index contributed by atoms with van der Waals surface area (Å²) in [6, 6.07) is 7.36. The van der Waals surface area contributed by atoms with Crippen molar-refractivity contribution >= 4 is 17.5 Å². The standard InChI is InChI=1S/C14H14ClN3O2/c15-10-3-1-9(2-4-10)7-16-14(19)13-11-8-20-6-5-12(11)17-18-13/h1-4H,5-8H2,(H,16,19)(H,17,18). The van der Waals surface area contributed by atoms with Crippen molar-refractivity contribution in [1.82, 2.24) is 15.5 Å². The number of rotatable bonds is 3. The molecule has 0 saturated carbocycles. The zero-order chi connectivity index (χ0) is 13.9. The molecule has 3 rings (SSSR count). The Balaban J connectivity index is 1.67. The minimum atomic E-state index is -0.192. The number of hydrogen-bond acceptors (Lipinski definition) is 3. The molecule has 2 heterocycles. The average Bonchev–Trinajstić information content (AvgIpc) is 2.90. The van der Waals surface area contributed by atoms with Crippen LogP contribution in [0.25, 0.3) is 0 Å². The van der Waals surface area contributed by atoms with Crippen LogP contribution in [0.1, 0.15) is 27.3 Å². The van der Waals surface area contributed by atoms with Crippen molar-refractivity contribution in [1.29, 1.82) is 0 Å². The maximum atomic E-state index is 12.1. The molecule has 1 aromatic heterocycles. The van der Waals surface area contributed by atoms with E-state index in [1.807, 2.05) is 12.1 Å². The number of benzene rings is 1. The summed E-state index contributed by atoms with van der Waals surface area (Å²) in [5, 5.41) is 10.5. The first-order valence-corrected chi connectivity index (χ1v) is 6.78. The van der Waals surface area contributed by atoms with Crippen LogP contribution in [0.5, 0.6) is 0 Å². The normalized spacial score (nSPS) is 13.8. The Morgan fingerprint density at radius 1 is 1.40 bits per heavy atom. The van der Waals surface area contributed by atoms with Crippen molar-refractivity contribution in [2.45, 2.75) is 19.6 Å². The number of carbonyl (C=O) groups is 1. The van der Waals surface area contributed by atoms with Gasteiger partial charge >= 0.3 is 0 Å². The quantitative estimate of drug-likeness (QED) is 0.910. The van der Waals surface area contributed by atoms with E-state index in [1.165, 1.54) is 0 Å². The van der Waals surface area contributed by atoms with Gasteiger partial charge in [0.25, 0.3) is 5.91 Å². The minimum absolute atomic E-state index is 0.192. The average molecular weight is 292 g/mol. The monoisotopic (exact) mass is 291 g/mol. The van der Waals surface area contributed by atoms with Crippen LogP contribution in [-0.2, 0) is 24.3 Å². The number of ether oxygens (including phenoxy) is 1. The van der Waals surface area contributed by atoms with Crippen LogP contribution in [0, 0.1) is 0 Å². The molecule has 1 aliphatic rings. The highest BCUT2D eigenvalue weighted by Crippen LogP contribution is 2.18. The Hall–Kier alpha value is -1.85. The molecule has 0 aliphatic carbocycles. The summed E-state index contributed by atoms with van der Waals surface area (Å²) in [6.45, 7) is 1.55. The molecular formula is C14H14ClN3O2. The van der Waals surface area contributed by atoms with Crippen LogP contribution < -0.4 is 5.32 Å². The first kappa shape index (κ1) is 13.1. The summed E-state index contributed by atoms with van der Waals surface area (Å²) >= 11 is 5.82. The van der Waals surface area contributed by atoms with E-state index in [4.69, 9.17) is 16.3 Å². The van der Waals surface area contributed by atoms with E-state index in [0.717, 1.165) is 23.2 Å². The van der Waals surface area contributed by atoms with Crippen LogP contribution in [0.3, 0.4) is 0 Å². The fourth-order valence-corrected chi connectivity index (χ4v) is 2.29. The third-order valence-corrected chi connectivity index (χ3v) is 3.53. The number of fused-ring (bicyclic) bond motifs is 1. The number of nitrogens with one attached hydrogen (secondary N) is 2. The van der Waals surface area contributed by atoms with E-state index in [-0.39, 0.29) is 5.91 Å². The summed E-state index contributed by atoms with van der Waals surface area (Å²) in [5.74, 6) is -0.192. The van der Waals surface area contributed by atoms with E-state index >= 15 is 0 Å². The van der Waals surface area contributed by atoms with Crippen molar-refractivity contribution in [2.75, 3.05) is 6.61 Å². The summed E-state index contributed by atoms with van der Waals surface area (Å²) in [4.78, 5) is 12.1. The number of aromatic amines is 1. The Morgan fingerprint density at radius 2 is 2.20 bits per heavy atom. The molecule has 6 heteroatoms. The Bertz CT molecular complexity index is 622. The predicted octanol–water partition coefficient (Wildman–Crippen LogP) is 2.07. The molecule has 2 aromatic rings. The van der Waals surface area contributed by atoms with Gasteiger partial charge in [-0.2, -0.15) is 5.10 Å². The van der Waals surface area contributed by atoms with Gasteiger partial charge in [-0.25, -0.2) is 0 Å². The first-order chi connectivity index (χ1) is 9.74. The van der Waals surface area contributed by atoms with Gasteiger partial charge in [0.2, 0.25) is 0 Å². The molecule has 0 bridgehead atoms. The molecule has 0 atom stereocenters. The van der Waals surface area contributed by atoms with E-state index < -0.39 is 0 Å². The molecular weight excluding hydrogens is 278 g/mol. The third-order valence-electron chi connectivity index (χ3n) is 3.28. The molecule has 2 N–H and O–H groups in total. The van der Waals surface area contributed by atoms with E-state index in [0.29, 0.717) is 30.5 Å². The van der Waals surface area contributed by atoms with Crippen LogP contribution in [-0.4, -0.2) is 22.7 Å². The Labute approximate surface area is 121 Å². The fraction of sp³-hybridized carbons (Fsp3) is 0.286. The van der Waals surface area contributed by atoms with Gasteiger partial charge in [-0.1, -0.05) is 23.7 Å². The molecule has 20 heavy (non-hydrogen) atoms. The number of halogens is 1. The maximum Gasteiger partial charge on any atom is 0.272 e. The second-order valence-electron chi connectivity index (χ2n) is 4.64. The molecule has 0 fully saturated rings. The number of amides is 1. The van der Waals surface area contributed by atoms with Crippen LogP contribution >= 0.6 is 11.6 Å². The van der Waals surface area contributed by atoms with Gasteiger partial charge in [-0.15, -0.1) is 0 Å². The summed E-state index contributed by atoms with van der Waals surface area (Å²) in [6.07, 6.45) is 0.771. The maximum absolute atomic E-state index is 12.1. The lowest BCUT2D eigenvalue weighted by Crippen LogP contribution is -2.25. The molecule has 0 radical (unpaired) electrons. The van der Waals surface area contributed by atoms with Crippen molar-refractivity contribution in [3.05, 3.63) is 51.8 Å². The predicted molar refractivity (Wildman–Crippen MR) is 74.6 cm³/mol. The molecule has 1 amide bonds. The summed E-state index contributed by atoms with van der Waals surface area (Å²) in [7, 11) is 0. The number of nitrogens with zero attached hydrogens (tertiary/aromatic N) is 1. The highest BCUT2D eigenvalue weighted by molar-refractivity contribution is 6.30. The lowest BCUT2D eigenvalue weighted by molar-refractivity contribution is 0.0922. The van der Waals surface area contributed by atoms with Gasteiger partial charge in [0.1, 0.15) is 0 Å². The fourth-order valence-electron chi connectivity index (χ4n) is 2.17. The molecule has 1 aliphatic heterocycles. The van der Waals surface area contributed by atoms with Gasteiger partial charge in [0.15, 0.2) is 5.69 Å². The van der Waals surface area contributed by atoms with Crippen molar-refractivity contribution < 1.29 is 9.53 Å². The Morgan fingerprint density at radius 3 is 3.00 bits per heavy atom. The van der Waals surface area contributed by atoms with Gasteiger partial charge < -0.3 is 10.1 Å². The van der Waals surface area contributed by atoms with Crippen LogP contribution in [0.2, 0.25) is 5.02 Å². The molecule has 104 valence electrons. The number of carbonyl (C=O) groups excluding carboxylic acids is 1. The van der Waals surface area contributed by atoms with Crippen molar-refractivity contribution in [3.8, 4) is 0 Å². The minimum Gasteiger partial charge on any atom is -0.376 e. The van der Waals surface area contributed by atoms with Gasteiger partial charge in [0.05, 0.1) is 13.2 Å². The van der Waals surface area contributed by atoms with Crippen LogP contribution in [0.15, 0.2) is 24.3 Å². The van der Waals surface area contributed by atoms with E-state index in [9.17, 15) is 4.79 Å². The van der Waals surface area contributed by atoms with Gasteiger partial charge in [-0.05, 0) is 17.7 Å². The third kappa shape index (κ3) is 2.69. The number of aromatic nitrogens is 2. The first-order valence-electron chi connectivity index (χ1n) is 6.40. The molecule has 0 unspecified atom stereocenters. The van der Waals surface area contributed by atoms with Gasteiger partial charge in [-0.3, -0.25) is 9.89 Å². The van der Waals surface area contributed by atoms with Crippen LogP contribution in [0.4, 0.5) is 0 Å². The zero-order valence-electron chi connectivity index (χ0n) is 10.8. The topological polar surface area (TPSA) is 67.0 Å². The van der Waals surface area contributed by atoms with E-state index in [2.05, 4.69) is 15.5 Å². The van der Waals surface area contributed by atoms with E-state index in [1.54, 1.807) is 12.1 Å². The lowest BCUT2D eigenvalue weighted by atomic mass is 10.1. The number of H-pyrrole nitrogens is 1.